The zero-order chi connectivity index (χ0) is 17.1. The number of fused-ring (bicyclic) bond motifs is 1. The Bertz CT molecular complexity index is 904. The largest absolute Gasteiger partial charge is 0.425 e. The molecule has 6 heteroatoms. The molecule has 0 radical (unpaired) electrons. The van der Waals surface area contributed by atoms with Gasteiger partial charge in [0.15, 0.2) is 6.29 Å². The molecule has 1 atom stereocenters. The van der Waals surface area contributed by atoms with E-state index >= 15 is 0 Å². The predicted molar refractivity (Wildman–Crippen MR) is 95.1 cm³/mol. The first-order valence-electron chi connectivity index (χ1n) is 7.35. The van der Waals surface area contributed by atoms with Gasteiger partial charge in [0.1, 0.15) is 11.8 Å². The molecule has 3 N–H and O–H groups in total. The van der Waals surface area contributed by atoms with Crippen molar-refractivity contribution in [3.05, 3.63) is 64.3 Å². The summed E-state index contributed by atoms with van der Waals surface area (Å²) in [5.74, 6) is -0.389. The monoisotopic (exact) mass is 386 g/mol. The van der Waals surface area contributed by atoms with E-state index in [1.54, 1.807) is 18.2 Å². The molecule has 0 spiro atoms. The zero-order valence-electron chi connectivity index (χ0n) is 12.7. The van der Waals surface area contributed by atoms with Gasteiger partial charge in [-0.25, -0.2) is 4.79 Å². The number of para-hydroxylation sites is 1. The van der Waals surface area contributed by atoms with Crippen LogP contribution in [0, 0.1) is 0 Å². The first-order valence-corrected chi connectivity index (χ1v) is 8.15. The van der Waals surface area contributed by atoms with Gasteiger partial charge in [-0.1, -0.05) is 34.1 Å². The summed E-state index contributed by atoms with van der Waals surface area (Å²) in [7, 11) is 0. The minimum atomic E-state index is -0.831. The molecule has 0 bridgehead atoms. The molecule has 1 heterocycles. The number of hydrogen-bond acceptors (Lipinski definition) is 4. The lowest BCUT2D eigenvalue weighted by atomic mass is 10.1. The summed E-state index contributed by atoms with van der Waals surface area (Å²) < 4.78 is 6.01. The van der Waals surface area contributed by atoms with E-state index in [4.69, 9.17) is 10.5 Å². The second kappa shape index (κ2) is 6.98. The average Bonchev–Trinajstić information content (AvgIpc) is 2.98. The summed E-state index contributed by atoms with van der Waals surface area (Å²) in [6.07, 6.45) is 2.82. The predicted octanol–water partition coefficient (Wildman–Crippen LogP) is 3.22. The van der Waals surface area contributed by atoms with E-state index in [2.05, 4.69) is 20.9 Å². The lowest BCUT2D eigenvalue weighted by Crippen LogP contribution is -2.36. The van der Waals surface area contributed by atoms with Crippen molar-refractivity contribution in [1.29, 1.82) is 0 Å². The third-order valence-corrected chi connectivity index (χ3v) is 4.22. The molecule has 3 aromatic rings. The Kier molecular flexibility index (Phi) is 4.78. The smallest absolute Gasteiger partial charge is 0.328 e. The Hall–Kier alpha value is -2.44. The Balaban J connectivity index is 1.76. The normalized spacial score (nSPS) is 12.1. The van der Waals surface area contributed by atoms with E-state index in [0.717, 1.165) is 16.5 Å². The molecule has 0 unspecified atom stereocenters. The van der Waals surface area contributed by atoms with Crippen molar-refractivity contribution >= 4 is 39.1 Å². The van der Waals surface area contributed by atoms with Crippen LogP contribution >= 0.6 is 15.9 Å². The molecule has 0 aliphatic carbocycles. The molecule has 1 aromatic heterocycles. The summed E-state index contributed by atoms with van der Waals surface area (Å²) in [6, 6.07) is 11.8. The number of nitrogens with two attached hydrogens (primary N) is 1. The van der Waals surface area contributed by atoms with Crippen LogP contribution < -0.4 is 10.5 Å². The molecule has 0 aliphatic heterocycles. The Morgan fingerprint density at radius 2 is 2.08 bits per heavy atom. The number of aldehydes is 1. The Labute approximate surface area is 146 Å². The number of nitrogens with one attached hydrogen (secondary N) is 1. The van der Waals surface area contributed by atoms with Crippen molar-refractivity contribution in [2.75, 3.05) is 0 Å². The maximum Gasteiger partial charge on any atom is 0.328 e. The number of aromatic amines is 1. The number of esters is 1. The van der Waals surface area contributed by atoms with Gasteiger partial charge < -0.3 is 15.5 Å². The molecule has 0 saturated heterocycles. The minimum absolute atomic E-state index is 0.193. The molecule has 122 valence electrons. The molecular formula is C18H15BrN2O3. The lowest BCUT2D eigenvalue weighted by Gasteiger charge is -2.12. The van der Waals surface area contributed by atoms with Gasteiger partial charge in [-0.15, -0.1) is 0 Å². The first kappa shape index (κ1) is 16.4. The van der Waals surface area contributed by atoms with Crippen LogP contribution in [-0.4, -0.2) is 23.3 Å². The maximum absolute atomic E-state index is 12.3. The molecule has 3 rings (SSSR count). The second-order valence-corrected chi connectivity index (χ2v) is 6.31. The van der Waals surface area contributed by atoms with Crippen LogP contribution in [0.1, 0.15) is 15.9 Å². The number of carbonyl (C=O) groups is 2. The average molecular weight is 387 g/mol. The first-order chi connectivity index (χ1) is 11.6. The van der Waals surface area contributed by atoms with Crippen LogP contribution in [-0.2, 0) is 11.2 Å². The highest BCUT2D eigenvalue weighted by Gasteiger charge is 2.19. The summed E-state index contributed by atoms with van der Waals surface area (Å²) in [6.45, 7) is 0. The van der Waals surface area contributed by atoms with Crippen LogP contribution in [0.15, 0.2) is 53.1 Å². The number of aromatic nitrogens is 1. The minimum Gasteiger partial charge on any atom is -0.425 e. The third kappa shape index (κ3) is 3.39. The van der Waals surface area contributed by atoms with E-state index in [1.807, 2.05) is 30.5 Å². The molecule has 2 aromatic carbocycles. The summed E-state index contributed by atoms with van der Waals surface area (Å²) in [5.41, 5.74) is 8.22. The standard InChI is InChI=1S/C18H15BrN2O3/c19-13-6-5-11(10-22)17(8-13)24-18(23)15(20)7-12-9-21-16-4-2-1-3-14(12)16/h1-6,8-10,15,21H,7,20H2/t15-/m0/s1. The van der Waals surface area contributed by atoms with Crippen LogP contribution in [0.3, 0.4) is 0 Å². The number of benzene rings is 2. The molecule has 0 amide bonds. The van der Waals surface area contributed by atoms with Gasteiger partial charge >= 0.3 is 5.97 Å². The summed E-state index contributed by atoms with van der Waals surface area (Å²) in [4.78, 5) is 26.5. The number of hydrogen-bond donors (Lipinski definition) is 2. The number of ether oxygens (including phenoxy) is 1. The second-order valence-electron chi connectivity index (χ2n) is 5.39. The molecule has 0 saturated carbocycles. The van der Waals surface area contributed by atoms with Gasteiger partial charge in [-0.2, -0.15) is 0 Å². The summed E-state index contributed by atoms with van der Waals surface area (Å²) in [5, 5.41) is 1.02. The van der Waals surface area contributed by atoms with Gasteiger partial charge in [-0.05, 0) is 29.8 Å². The van der Waals surface area contributed by atoms with Crippen LogP contribution in [0.25, 0.3) is 10.9 Å². The maximum atomic E-state index is 12.3. The fourth-order valence-electron chi connectivity index (χ4n) is 2.50. The van der Waals surface area contributed by atoms with Gasteiger partial charge in [0.05, 0.1) is 5.56 Å². The van der Waals surface area contributed by atoms with Crippen LogP contribution in [0.5, 0.6) is 5.75 Å². The number of rotatable bonds is 5. The number of H-pyrrole nitrogens is 1. The van der Waals surface area contributed by atoms with Crippen molar-refractivity contribution in [3.8, 4) is 5.75 Å². The van der Waals surface area contributed by atoms with Crippen molar-refractivity contribution in [2.24, 2.45) is 5.73 Å². The molecule has 24 heavy (non-hydrogen) atoms. The lowest BCUT2D eigenvalue weighted by molar-refractivity contribution is -0.135. The van der Waals surface area contributed by atoms with Crippen LogP contribution in [0.4, 0.5) is 0 Å². The highest BCUT2D eigenvalue weighted by atomic mass is 79.9. The third-order valence-electron chi connectivity index (χ3n) is 3.73. The van der Waals surface area contributed by atoms with E-state index in [-0.39, 0.29) is 5.75 Å². The number of carbonyl (C=O) groups excluding carboxylic acids is 2. The quantitative estimate of drug-likeness (QED) is 0.400. The fraction of sp³-hybridized carbons (Fsp3) is 0.111. The van der Waals surface area contributed by atoms with Crippen LogP contribution in [0.2, 0.25) is 0 Å². The van der Waals surface area contributed by atoms with E-state index in [1.165, 1.54) is 0 Å². The summed E-state index contributed by atoms with van der Waals surface area (Å²) >= 11 is 3.29. The van der Waals surface area contributed by atoms with Crippen molar-refractivity contribution in [3.63, 3.8) is 0 Å². The van der Waals surface area contributed by atoms with Gasteiger partial charge in [-0.3, -0.25) is 4.79 Å². The van der Waals surface area contributed by atoms with E-state index in [0.29, 0.717) is 22.7 Å². The molecule has 5 nitrogen and oxygen atoms in total. The highest BCUT2D eigenvalue weighted by Crippen LogP contribution is 2.23. The Morgan fingerprint density at radius 3 is 2.88 bits per heavy atom. The fourth-order valence-corrected chi connectivity index (χ4v) is 2.84. The van der Waals surface area contributed by atoms with Crippen molar-refractivity contribution in [1.82, 2.24) is 4.98 Å². The van der Waals surface area contributed by atoms with Crippen molar-refractivity contribution in [2.45, 2.75) is 12.5 Å². The molecule has 0 aliphatic rings. The molecular weight excluding hydrogens is 372 g/mol. The molecule has 0 fully saturated rings. The SMILES string of the molecule is N[C@@H](Cc1c[nH]c2ccccc12)C(=O)Oc1cc(Br)ccc1C=O. The topological polar surface area (TPSA) is 85.2 Å². The van der Waals surface area contributed by atoms with Crippen molar-refractivity contribution < 1.29 is 14.3 Å². The highest BCUT2D eigenvalue weighted by molar-refractivity contribution is 9.10. The van der Waals surface area contributed by atoms with E-state index in [9.17, 15) is 9.59 Å². The van der Waals surface area contributed by atoms with Gasteiger partial charge in [0.2, 0.25) is 0 Å². The number of halogens is 1. The Morgan fingerprint density at radius 1 is 1.29 bits per heavy atom. The van der Waals surface area contributed by atoms with Gasteiger partial charge in [0, 0.05) is 28.0 Å². The van der Waals surface area contributed by atoms with E-state index < -0.39 is 12.0 Å². The zero-order valence-corrected chi connectivity index (χ0v) is 14.2. The van der Waals surface area contributed by atoms with Gasteiger partial charge in [0.25, 0.3) is 0 Å².